The molecule has 0 aliphatic carbocycles. The Morgan fingerprint density at radius 1 is 1.17 bits per heavy atom. The van der Waals surface area contributed by atoms with Gasteiger partial charge < -0.3 is 10.4 Å². The van der Waals surface area contributed by atoms with Crippen molar-refractivity contribution in [2.45, 2.75) is 44.2 Å². The van der Waals surface area contributed by atoms with Crippen molar-refractivity contribution in [3.05, 3.63) is 29.8 Å². The molecule has 9 heteroatoms. The predicted molar refractivity (Wildman–Crippen MR) is 84.2 cm³/mol. The minimum absolute atomic E-state index is 0.191. The molecular weight excluding hydrogens is 347 g/mol. The van der Waals surface area contributed by atoms with Gasteiger partial charge in [-0.15, -0.1) is 0 Å². The summed E-state index contributed by atoms with van der Waals surface area (Å²) in [5, 5.41) is 12.3. The van der Waals surface area contributed by atoms with Gasteiger partial charge in [-0.2, -0.15) is 13.2 Å². The van der Waals surface area contributed by atoms with E-state index < -0.39 is 43.6 Å². The summed E-state index contributed by atoms with van der Waals surface area (Å²) in [5.74, 6) is -1.96. The molecule has 0 saturated carbocycles. The molecule has 1 unspecified atom stereocenters. The van der Waals surface area contributed by atoms with Gasteiger partial charge in [0.25, 0.3) is 5.91 Å². The number of alkyl halides is 3. The number of benzene rings is 1. The second kappa shape index (κ2) is 6.36. The lowest BCUT2D eigenvalue weighted by Gasteiger charge is -2.27. The monoisotopic (exact) mass is 367 g/mol. The minimum atomic E-state index is -4.58. The summed E-state index contributed by atoms with van der Waals surface area (Å²) in [4.78, 5) is 12.1. The first kappa shape index (κ1) is 20.4. The van der Waals surface area contributed by atoms with Gasteiger partial charge in [-0.05, 0) is 45.9 Å². The van der Waals surface area contributed by atoms with E-state index >= 15 is 0 Å². The molecule has 1 rings (SSSR count). The van der Waals surface area contributed by atoms with Gasteiger partial charge in [0.1, 0.15) is 0 Å². The fourth-order valence-electron chi connectivity index (χ4n) is 1.69. The van der Waals surface area contributed by atoms with Crippen LogP contribution in [0.3, 0.4) is 0 Å². The summed E-state index contributed by atoms with van der Waals surface area (Å²) < 4.78 is 61.0. The maximum atomic E-state index is 12.7. The largest absolute Gasteiger partial charge is 0.416 e. The van der Waals surface area contributed by atoms with Crippen molar-refractivity contribution in [3.8, 4) is 0 Å². The molecule has 2 N–H and O–H groups in total. The molecule has 0 saturated heterocycles. The highest BCUT2D eigenvalue weighted by atomic mass is 32.2. The standard InChI is InChI=1S/C15H20F3NO4S/c1-13(2,3)24(22,23)9-14(4,21)12(20)19-11-7-5-6-10(8-11)15(16,17)18/h5-8,21H,9H2,1-4H3,(H,19,20). The van der Waals surface area contributed by atoms with Crippen molar-refractivity contribution in [2.24, 2.45) is 0 Å². The van der Waals surface area contributed by atoms with Crippen molar-refractivity contribution in [1.29, 1.82) is 0 Å². The van der Waals surface area contributed by atoms with Crippen molar-refractivity contribution >= 4 is 21.4 Å². The van der Waals surface area contributed by atoms with Crippen LogP contribution in [-0.2, 0) is 20.8 Å². The Kier molecular flexibility index (Phi) is 5.42. The number of sulfone groups is 1. The van der Waals surface area contributed by atoms with E-state index in [0.29, 0.717) is 6.07 Å². The van der Waals surface area contributed by atoms with E-state index in [9.17, 15) is 31.5 Å². The second-order valence-electron chi connectivity index (χ2n) is 6.68. The molecular formula is C15H20F3NO4S. The predicted octanol–water partition coefficient (Wildman–Crippen LogP) is 2.61. The Hall–Kier alpha value is -1.61. The lowest BCUT2D eigenvalue weighted by Crippen LogP contribution is -2.49. The molecule has 0 aliphatic rings. The normalized spacial score (nSPS) is 15.7. The first-order chi connectivity index (χ1) is 10.6. The summed E-state index contributed by atoms with van der Waals surface area (Å²) in [6.45, 7) is 5.26. The molecule has 24 heavy (non-hydrogen) atoms. The summed E-state index contributed by atoms with van der Waals surface area (Å²) in [6.07, 6.45) is -4.58. The highest BCUT2D eigenvalue weighted by Gasteiger charge is 2.41. The summed E-state index contributed by atoms with van der Waals surface area (Å²) in [5.41, 5.74) is -3.45. The number of hydrogen-bond donors (Lipinski definition) is 2. The van der Waals surface area contributed by atoms with Gasteiger partial charge in [-0.3, -0.25) is 4.79 Å². The highest BCUT2D eigenvalue weighted by molar-refractivity contribution is 7.92. The number of carbonyl (C=O) groups is 1. The molecule has 0 bridgehead atoms. The molecule has 1 aromatic carbocycles. The first-order valence-corrected chi connectivity index (χ1v) is 8.65. The Bertz CT molecular complexity index is 719. The Labute approximate surface area is 138 Å². The fraction of sp³-hybridized carbons (Fsp3) is 0.533. The van der Waals surface area contributed by atoms with Crippen LogP contribution < -0.4 is 5.32 Å². The van der Waals surface area contributed by atoms with Crippen LogP contribution in [0.4, 0.5) is 18.9 Å². The van der Waals surface area contributed by atoms with E-state index in [-0.39, 0.29) is 5.69 Å². The topological polar surface area (TPSA) is 83.5 Å². The zero-order valence-electron chi connectivity index (χ0n) is 13.7. The zero-order valence-corrected chi connectivity index (χ0v) is 14.5. The smallest absolute Gasteiger partial charge is 0.379 e. The summed E-state index contributed by atoms with van der Waals surface area (Å²) in [6, 6.07) is 3.84. The molecule has 0 fully saturated rings. The molecule has 1 amide bonds. The van der Waals surface area contributed by atoms with Crippen LogP contribution in [0, 0.1) is 0 Å². The maximum absolute atomic E-state index is 12.7. The second-order valence-corrected chi connectivity index (χ2v) is 9.42. The van der Waals surface area contributed by atoms with E-state index in [4.69, 9.17) is 0 Å². The molecule has 1 atom stereocenters. The number of aliphatic hydroxyl groups is 1. The lowest BCUT2D eigenvalue weighted by molar-refractivity contribution is -0.137. The van der Waals surface area contributed by atoms with E-state index in [2.05, 4.69) is 5.32 Å². The molecule has 5 nitrogen and oxygen atoms in total. The molecule has 0 spiro atoms. The van der Waals surface area contributed by atoms with Crippen molar-refractivity contribution in [1.82, 2.24) is 0 Å². The van der Waals surface area contributed by atoms with Crippen LogP contribution in [0.5, 0.6) is 0 Å². The number of amides is 1. The van der Waals surface area contributed by atoms with Crippen LogP contribution in [0.15, 0.2) is 24.3 Å². The molecule has 0 radical (unpaired) electrons. The van der Waals surface area contributed by atoms with E-state index in [1.54, 1.807) is 0 Å². The maximum Gasteiger partial charge on any atom is 0.416 e. The third kappa shape index (κ3) is 4.94. The number of hydrogen-bond acceptors (Lipinski definition) is 4. The molecule has 0 aliphatic heterocycles. The molecule has 1 aromatic rings. The van der Waals surface area contributed by atoms with E-state index in [1.165, 1.54) is 26.8 Å². The average molecular weight is 367 g/mol. The van der Waals surface area contributed by atoms with Gasteiger partial charge in [0.05, 0.1) is 16.1 Å². The first-order valence-electron chi connectivity index (χ1n) is 7.00. The number of nitrogens with one attached hydrogen (secondary N) is 1. The van der Waals surface area contributed by atoms with Gasteiger partial charge in [-0.25, -0.2) is 8.42 Å². The quantitative estimate of drug-likeness (QED) is 0.857. The van der Waals surface area contributed by atoms with Crippen LogP contribution >= 0.6 is 0 Å². The lowest BCUT2D eigenvalue weighted by atomic mass is 10.1. The van der Waals surface area contributed by atoms with Crippen LogP contribution in [0.2, 0.25) is 0 Å². The number of rotatable bonds is 4. The number of carbonyl (C=O) groups excluding carboxylic acids is 1. The molecule has 0 heterocycles. The van der Waals surface area contributed by atoms with Gasteiger partial charge in [-0.1, -0.05) is 6.07 Å². The third-order valence-corrected chi connectivity index (χ3v) is 6.15. The zero-order chi connectivity index (χ0) is 19.0. The molecule has 136 valence electrons. The summed E-state index contributed by atoms with van der Waals surface area (Å²) in [7, 11) is -3.81. The average Bonchev–Trinajstić information content (AvgIpc) is 2.35. The van der Waals surface area contributed by atoms with Gasteiger partial charge in [0.15, 0.2) is 15.4 Å². The molecule has 0 aromatic heterocycles. The van der Waals surface area contributed by atoms with E-state index in [1.807, 2.05) is 0 Å². The van der Waals surface area contributed by atoms with Crippen molar-refractivity contribution < 1.29 is 31.5 Å². The SMILES string of the molecule is CC(O)(CS(=O)(=O)C(C)(C)C)C(=O)Nc1cccc(C(F)(F)F)c1. The van der Waals surface area contributed by atoms with Crippen LogP contribution in [0.25, 0.3) is 0 Å². The minimum Gasteiger partial charge on any atom is -0.379 e. The third-order valence-electron chi connectivity index (χ3n) is 3.34. The number of anilines is 1. The Balaban J connectivity index is 2.99. The van der Waals surface area contributed by atoms with E-state index in [0.717, 1.165) is 19.1 Å². The number of halogens is 3. The fourth-order valence-corrected chi connectivity index (χ4v) is 3.00. The van der Waals surface area contributed by atoms with Crippen molar-refractivity contribution in [3.63, 3.8) is 0 Å². The Morgan fingerprint density at radius 3 is 2.17 bits per heavy atom. The van der Waals surface area contributed by atoms with Crippen molar-refractivity contribution in [2.75, 3.05) is 11.1 Å². The Morgan fingerprint density at radius 2 is 1.71 bits per heavy atom. The summed E-state index contributed by atoms with van der Waals surface area (Å²) >= 11 is 0. The van der Waals surface area contributed by atoms with Gasteiger partial charge >= 0.3 is 6.18 Å². The van der Waals surface area contributed by atoms with Gasteiger partial charge in [0.2, 0.25) is 0 Å². The highest BCUT2D eigenvalue weighted by Crippen LogP contribution is 2.31. The van der Waals surface area contributed by atoms with Crippen LogP contribution in [0.1, 0.15) is 33.3 Å². The van der Waals surface area contributed by atoms with Gasteiger partial charge in [0, 0.05) is 5.69 Å². The van der Waals surface area contributed by atoms with Crippen LogP contribution in [-0.4, -0.2) is 35.5 Å².